The number of benzene rings is 1. The molecule has 2 rings (SSSR count). The summed E-state index contributed by atoms with van der Waals surface area (Å²) in [6, 6.07) is 8.03. The molecular weight excluding hydrogens is 224 g/mol. The van der Waals surface area contributed by atoms with Crippen LogP contribution in [0, 0.1) is 0 Å². The van der Waals surface area contributed by atoms with E-state index in [0.29, 0.717) is 5.56 Å². The Balaban J connectivity index is 2.25. The van der Waals surface area contributed by atoms with Crippen LogP contribution < -0.4 is 0 Å². The normalized spacial score (nSPS) is 13.3. The lowest BCUT2D eigenvalue weighted by Gasteiger charge is -2.20. The molecule has 0 radical (unpaired) electrons. The Bertz CT molecular complexity index is 500. The minimum Gasteiger partial charge on any atom is -0.384 e. The molecule has 0 fully saturated rings. The lowest BCUT2D eigenvalue weighted by Crippen LogP contribution is -2.11. The first-order chi connectivity index (χ1) is 8.48. The number of aliphatic hydroxyl groups excluding tert-OH is 1. The van der Waals surface area contributed by atoms with Crippen molar-refractivity contribution < 1.29 is 5.11 Å². The van der Waals surface area contributed by atoms with Crippen LogP contribution in [0.5, 0.6) is 0 Å². The van der Waals surface area contributed by atoms with Crippen LogP contribution in [0.2, 0.25) is 0 Å². The number of nitrogens with zero attached hydrogens (tertiary/aromatic N) is 2. The van der Waals surface area contributed by atoms with Gasteiger partial charge in [-0.2, -0.15) is 0 Å². The summed E-state index contributed by atoms with van der Waals surface area (Å²) in [5.74, 6) is 0. The van der Waals surface area contributed by atoms with Gasteiger partial charge in [0.15, 0.2) is 0 Å². The van der Waals surface area contributed by atoms with Gasteiger partial charge >= 0.3 is 0 Å². The second-order valence-electron chi connectivity index (χ2n) is 5.45. The predicted molar refractivity (Wildman–Crippen MR) is 71.2 cm³/mol. The van der Waals surface area contributed by atoms with Crippen molar-refractivity contribution in [1.82, 2.24) is 9.97 Å². The Morgan fingerprint density at radius 3 is 2.00 bits per heavy atom. The van der Waals surface area contributed by atoms with Crippen LogP contribution in [0.4, 0.5) is 0 Å². The quantitative estimate of drug-likeness (QED) is 0.880. The SMILES string of the molecule is CC(C)(C)c1ccc(C(O)c2cncnc2)cc1. The fourth-order valence-corrected chi connectivity index (χ4v) is 1.81. The molecule has 0 aliphatic heterocycles. The van der Waals surface area contributed by atoms with Gasteiger partial charge in [-0.1, -0.05) is 45.0 Å². The first kappa shape index (κ1) is 12.7. The Morgan fingerprint density at radius 1 is 0.944 bits per heavy atom. The Morgan fingerprint density at radius 2 is 1.50 bits per heavy atom. The molecule has 0 bridgehead atoms. The second-order valence-corrected chi connectivity index (χ2v) is 5.45. The fraction of sp³-hybridized carbons (Fsp3) is 0.333. The Kier molecular flexibility index (Phi) is 3.43. The molecule has 0 saturated carbocycles. The van der Waals surface area contributed by atoms with E-state index in [9.17, 15) is 5.11 Å². The van der Waals surface area contributed by atoms with Crippen molar-refractivity contribution in [3.8, 4) is 0 Å². The zero-order chi connectivity index (χ0) is 13.2. The molecule has 0 aliphatic rings. The van der Waals surface area contributed by atoms with Crippen molar-refractivity contribution in [2.75, 3.05) is 0 Å². The molecule has 2 aromatic rings. The lowest BCUT2D eigenvalue weighted by molar-refractivity contribution is 0.219. The zero-order valence-corrected chi connectivity index (χ0v) is 11.0. The molecule has 1 aromatic heterocycles. The molecule has 3 nitrogen and oxygen atoms in total. The molecule has 0 spiro atoms. The van der Waals surface area contributed by atoms with Crippen molar-refractivity contribution in [2.24, 2.45) is 0 Å². The summed E-state index contributed by atoms with van der Waals surface area (Å²) in [6.07, 6.45) is 4.06. The van der Waals surface area contributed by atoms with Gasteiger partial charge in [0.25, 0.3) is 0 Å². The number of hydrogen-bond donors (Lipinski definition) is 1. The van der Waals surface area contributed by atoms with E-state index >= 15 is 0 Å². The second kappa shape index (κ2) is 4.86. The van der Waals surface area contributed by atoms with E-state index in [1.165, 1.54) is 11.9 Å². The predicted octanol–water partition coefficient (Wildman–Crippen LogP) is 2.86. The highest BCUT2D eigenvalue weighted by atomic mass is 16.3. The molecule has 1 heterocycles. The zero-order valence-electron chi connectivity index (χ0n) is 11.0. The summed E-state index contributed by atoms with van der Waals surface area (Å²) < 4.78 is 0. The molecule has 0 amide bonds. The standard InChI is InChI=1S/C15H18N2O/c1-15(2,3)13-6-4-11(5-7-13)14(18)12-8-16-10-17-9-12/h4-10,14,18H,1-3H3. The number of hydrogen-bond acceptors (Lipinski definition) is 3. The number of aromatic nitrogens is 2. The molecule has 1 unspecified atom stereocenters. The minimum atomic E-state index is -0.666. The summed E-state index contributed by atoms with van der Waals surface area (Å²) in [4.78, 5) is 7.83. The summed E-state index contributed by atoms with van der Waals surface area (Å²) in [6.45, 7) is 6.51. The topological polar surface area (TPSA) is 46.0 Å². The maximum atomic E-state index is 10.2. The maximum Gasteiger partial charge on any atom is 0.115 e. The van der Waals surface area contributed by atoms with Gasteiger partial charge in [0.2, 0.25) is 0 Å². The van der Waals surface area contributed by atoms with E-state index in [2.05, 4.69) is 42.9 Å². The van der Waals surface area contributed by atoms with E-state index in [-0.39, 0.29) is 5.41 Å². The molecule has 0 aliphatic carbocycles. The van der Waals surface area contributed by atoms with Crippen molar-refractivity contribution >= 4 is 0 Å². The average Bonchev–Trinajstić information content (AvgIpc) is 2.38. The third-order valence-electron chi connectivity index (χ3n) is 2.99. The van der Waals surface area contributed by atoms with Gasteiger partial charge in [0.05, 0.1) is 0 Å². The first-order valence-corrected chi connectivity index (χ1v) is 6.02. The van der Waals surface area contributed by atoms with Crippen LogP contribution in [-0.4, -0.2) is 15.1 Å². The summed E-state index contributed by atoms with van der Waals surface area (Å²) in [7, 11) is 0. The highest BCUT2D eigenvalue weighted by Gasteiger charge is 2.15. The monoisotopic (exact) mass is 242 g/mol. The molecule has 18 heavy (non-hydrogen) atoms. The van der Waals surface area contributed by atoms with Crippen LogP contribution in [0.15, 0.2) is 43.0 Å². The largest absolute Gasteiger partial charge is 0.384 e. The van der Waals surface area contributed by atoms with Crippen LogP contribution in [0.25, 0.3) is 0 Å². The van der Waals surface area contributed by atoms with Gasteiger partial charge in [-0.05, 0) is 16.5 Å². The highest BCUT2D eigenvalue weighted by molar-refractivity contribution is 5.32. The molecule has 1 aromatic carbocycles. The van der Waals surface area contributed by atoms with E-state index in [1.807, 2.05) is 12.1 Å². The van der Waals surface area contributed by atoms with Gasteiger partial charge in [-0.3, -0.25) is 0 Å². The van der Waals surface area contributed by atoms with E-state index in [4.69, 9.17) is 0 Å². The summed E-state index contributed by atoms with van der Waals surface area (Å²) >= 11 is 0. The fourth-order valence-electron chi connectivity index (χ4n) is 1.81. The highest BCUT2D eigenvalue weighted by Crippen LogP contribution is 2.26. The smallest absolute Gasteiger partial charge is 0.115 e. The summed E-state index contributed by atoms with van der Waals surface area (Å²) in [5.41, 5.74) is 2.95. The minimum absolute atomic E-state index is 0.124. The van der Waals surface area contributed by atoms with Crippen LogP contribution >= 0.6 is 0 Å². The third kappa shape index (κ3) is 2.74. The molecule has 1 atom stereocenters. The van der Waals surface area contributed by atoms with Gasteiger partial charge in [0, 0.05) is 18.0 Å². The number of aliphatic hydroxyl groups is 1. The van der Waals surface area contributed by atoms with E-state index in [0.717, 1.165) is 5.56 Å². The van der Waals surface area contributed by atoms with Crippen molar-refractivity contribution in [2.45, 2.75) is 32.3 Å². The van der Waals surface area contributed by atoms with Gasteiger partial charge in [0.1, 0.15) is 12.4 Å². The Hall–Kier alpha value is -1.74. The van der Waals surface area contributed by atoms with Crippen molar-refractivity contribution in [3.63, 3.8) is 0 Å². The first-order valence-electron chi connectivity index (χ1n) is 6.02. The molecule has 3 heteroatoms. The third-order valence-corrected chi connectivity index (χ3v) is 2.99. The van der Waals surface area contributed by atoms with Crippen LogP contribution in [-0.2, 0) is 5.41 Å². The molecule has 94 valence electrons. The van der Waals surface area contributed by atoms with Gasteiger partial charge < -0.3 is 5.11 Å². The van der Waals surface area contributed by atoms with E-state index in [1.54, 1.807) is 12.4 Å². The molecule has 0 saturated heterocycles. The Labute approximate surface area is 108 Å². The number of rotatable bonds is 2. The lowest BCUT2D eigenvalue weighted by atomic mass is 9.86. The average molecular weight is 242 g/mol. The molecular formula is C15H18N2O. The van der Waals surface area contributed by atoms with Crippen molar-refractivity contribution in [1.29, 1.82) is 0 Å². The summed E-state index contributed by atoms with van der Waals surface area (Å²) in [5, 5.41) is 10.2. The van der Waals surface area contributed by atoms with Gasteiger partial charge in [-0.25, -0.2) is 9.97 Å². The maximum absolute atomic E-state index is 10.2. The van der Waals surface area contributed by atoms with E-state index < -0.39 is 6.10 Å². The van der Waals surface area contributed by atoms with Crippen molar-refractivity contribution in [3.05, 3.63) is 59.7 Å². The molecule has 1 N–H and O–H groups in total. The van der Waals surface area contributed by atoms with Crippen LogP contribution in [0.1, 0.15) is 43.6 Å². The van der Waals surface area contributed by atoms with Gasteiger partial charge in [-0.15, -0.1) is 0 Å². The van der Waals surface area contributed by atoms with Crippen LogP contribution in [0.3, 0.4) is 0 Å².